The summed E-state index contributed by atoms with van der Waals surface area (Å²) in [5.74, 6) is 0. The predicted octanol–water partition coefficient (Wildman–Crippen LogP) is 1.29. The number of aliphatic hydroxyl groups is 1. The number of hydrogen-bond donors (Lipinski definition) is 2. The Bertz CT molecular complexity index is 170. The molecule has 0 aliphatic heterocycles. The Morgan fingerprint density at radius 3 is 2.21 bits per heavy atom. The summed E-state index contributed by atoms with van der Waals surface area (Å²) in [5, 5.41) is 8.74. The van der Waals surface area contributed by atoms with Crippen molar-refractivity contribution in [1.82, 2.24) is 0 Å². The van der Waals surface area contributed by atoms with Crippen LogP contribution in [0.25, 0.3) is 0 Å². The third-order valence-corrected chi connectivity index (χ3v) is 3.39. The first-order valence-corrected chi connectivity index (χ1v) is 5.49. The monoisotopic (exact) mass is 201 g/mol. The number of aliphatic hydroxyl groups excluding tert-OH is 1. The van der Waals surface area contributed by atoms with Crippen LogP contribution in [0.3, 0.4) is 0 Å². The molecular weight excluding hydrogens is 178 g/mol. The number of ether oxygens (including phenoxy) is 1. The van der Waals surface area contributed by atoms with Gasteiger partial charge in [-0.25, -0.2) is 0 Å². The van der Waals surface area contributed by atoms with E-state index in [1.165, 1.54) is 0 Å². The highest BCUT2D eigenvalue weighted by Gasteiger charge is 2.37. The Morgan fingerprint density at radius 1 is 1.21 bits per heavy atom. The van der Waals surface area contributed by atoms with Gasteiger partial charge in [0.25, 0.3) is 0 Å². The smallest absolute Gasteiger partial charge is 0.0805 e. The molecule has 0 unspecified atom stereocenters. The molecule has 0 amide bonds. The van der Waals surface area contributed by atoms with Gasteiger partial charge in [-0.15, -0.1) is 0 Å². The van der Waals surface area contributed by atoms with E-state index in [-0.39, 0.29) is 12.2 Å². The maximum atomic E-state index is 8.74. The SMILES string of the molecule is CC1(C)CCC(CN)(OCCO)CC1. The lowest BCUT2D eigenvalue weighted by molar-refractivity contribution is -0.0898. The van der Waals surface area contributed by atoms with Gasteiger partial charge >= 0.3 is 0 Å². The second-order valence-electron chi connectivity index (χ2n) is 5.12. The van der Waals surface area contributed by atoms with E-state index in [0.717, 1.165) is 25.7 Å². The minimum absolute atomic E-state index is 0.0884. The van der Waals surface area contributed by atoms with Gasteiger partial charge in [0.15, 0.2) is 0 Å². The van der Waals surface area contributed by atoms with Crippen LogP contribution in [0.2, 0.25) is 0 Å². The zero-order valence-corrected chi connectivity index (χ0v) is 9.38. The molecule has 3 heteroatoms. The van der Waals surface area contributed by atoms with E-state index < -0.39 is 0 Å². The van der Waals surface area contributed by atoms with E-state index in [0.29, 0.717) is 18.6 Å². The maximum absolute atomic E-state index is 8.74. The van der Waals surface area contributed by atoms with Crippen molar-refractivity contribution in [3.05, 3.63) is 0 Å². The first-order valence-electron chi connectivity index (χ1n) is 5.49. The Labute approximate surface area is 86.6 Å². The molecule has 14 heavy (non-hydrogen) atoms. The summed E-state index contributed by atoms with van der Waals surface area (Å²) in [5.41, 5.74) is 6.04. The second-order valence-corrected chi connectivity index (χ2v) is 5.12. The molecule has 0 saturated heterocycles. The van der Waals surface area contributed by atoms with E-state index in [1.54, 1.807) is 0 Å². The largest absolute Gasteiger partial charge is 0.394 e. The summed E-state index contributed by atoms with van der Waals surface area (Å²) in [6, 6.07) is 0. The van der Waals surface area contributed by atoms with Gasteiger partial charge in [-0.3, -0.25) is 0 Å². The average Bonchev–Trinajstić information content (AvgIpc) is 2.18. The van der Waals surface area contributed by atoms with Crippen molar-refractivity contribution in [2.24, 2.45) is 11.1 Å². The molecule has 84 valence electrons. The first kappa shape index (κ1) is 12.0. The van der Waals surface area contributed by atoms with Crippen molar-refractivity contribution < 1.29 is 9.84 Å². The molecule has 1 aliphatic carbocycles. The van der Waals surface area contributed by atoms with Crippen molar-refractivity contribution >= 4 is 0 Å². The third-order valence-electron chi connectivity index (χ3n) is 3.39. The van der Waals surface area contributed by atoms with Crippen LogP contribution in [0.1, 0.15) is 39.5 Å². The summed E-state index contributed by atoms with van der Waals surface area (Å²) in [6.07, 6.45) is 4.37. The van der Waals surface area contributed by atoms with Gasteiger partial charge in [0, 0.05) is 6.54 Å². The zero-order valence-electron chi connectivity index (χ0n) is 9.38. The highest BCUT2D eigenvalue weighted by molar-refractivity contribution is 4.91. The minimum atomic E-state index is -0.155. The molecule has 0 radical (unpaired) electrons. The van der Waals surface area contributed by atoms with Crippen molar-refractivity contribution in [2.75, 3.05) is 19.8 Å². The Hall–Kier alpha value is -0.120. The highest BCUT2D eigenvalue weighted by Crippen LogP contribution is 2.41. The molecule has 0 atom stereocenters. The Kier molecular flexibility index (Phi) is 3.93. The van der Waals surface area contributed by atoms with Gasteiger partial charge < -0.3 is 15.6 Å². The summed E-state index contributed by atoms with van der Waals surface area (Å²) in [7, 11) is 0. The van der Waals surface area contributed by atoms with Crippen molar-refractivity contribution in [2.45, 2.75) is 45.1 Å². The molecular formula is C11H23NO2. The molecule has 3 nitrogen and oxygen atoms in total. The van der Waals surface area contributed by atoms with E-state index >= 15 is 0 Å². The lowest BCUT2D eigenvalue weighted by atomic mass is 9.71. The lowest BCUT2D eigenvalue weighted by Gasteiger charge is -2.42. The molecule has 1 fully saturated rings. The van der Waals surface area contributed by atoms with Gasteiger partial charge in [0.2, 0.25) is 0 Å². The van der Waals surface area contributed by atoms with Crippen LogP contribution in [-0.2, 0) is 4.74 Å². The summed E-state index contributed by atoms with van der Waals surface area (Å²) >= 11 is 0. The van der Waals surface area contributed by atoms with E-state index in [4.69, 9.17) is 15.6 Å². The van der Waals surface area contributed by atoms with Crippen molar-refractivity contribution in [3.8, 4) is 0 Å². The third kappa shape index (κ3) is 2.94. The molecule has 0 aromatic rings. The van der Waals surface area contributed by atoms with Gasteiger partial charge in [-0.2, -0.15) is 0 Å². The van der Waals surface area contributed by atoms with E-state index in [2.05, 4.69) is 13.8 Å². The number of rotatable bonds is 4. The van der Waals surface area contributed by atoms with Gasteiger partial charge in [0.05, 0.1) is 18.8 Å². The summed E-state index contributed by atoms with van der Waals surface area (Å²) < 4.78 is 5.69. The van der Waals surface area contributed by atoms with Gasteiger partial charge in [0.1, 0.15) is 0 Å². The van der Waals surface area contributed by atoms with Crippen LogP contribution >= 0.6 is 0 Å². The normalized spacial score (nSPS) is 24.9. The van der Waals surface area contributed by atoms with Crippen LogP contribution in [-0.4, -0.2) is 30.5 Å². The lowest BCUT2D eigenvalue weighted by Crippen LogP contribution is -2.46. The van der Waals surface area contributed by atoms with Crippen LogP contribution in [0, 0.1) is 5.41 Å². The van der Waals surface area contributed by atoms with Crippen LogP contribution in [0.15, 0.2) is 0 Å². The van der Waals surface area contributed by atoms with E-state index in [1.807, 2.05) is 0 Å². The minimum Gasteiger partial charge on any atom is -0.394 e. The van der Waals surface area contributed by atoms with Crippen LogP contribution in [0.4, 0.5) is 0 Å². The van der Waals surface area contributed by atoms with Gasteiger partial charge in [-0.1, -0.05) is 13.8 Å². The standard InChI is InChI=1S/C11H23NO2/c1-10(2)3-5-11(9-12,6-4-10)14-8-7-13/h13H,3-9,12H2,1-2H3. The molecule has 3 N–H and O–H groups in total. The Morgan fingerprint density at radius 2 is 1.79 bits per heavy atom. The molecule has 0 spiro atoms. The Balaban J connectivity index is 2.48. The number of nitrogens with two attached hydrogens (primary N) is 1. The maximum Gasteiger partial charge on any atom is 0.0805 e. The fourth-order valence-electron chi connectivity index (χ4n) is 2.05. The summed E-state index contributed by atoms with van der Waals surface area (Å²) in [6.45, 7) is 5.66. The molecule has 0 aromatic heterocycles. The van der Waals surface area contributed by atoms with E-state index in [9.17, 15) is 0 Å². The zero-order chi connectivity index (χ0) is 10.7. The van der Waals surface area contributed by atoms with Gasteiger partial charge in [-0.05, 0) is 31.1 Å². The highest BCUT2D eigenvalue weighted by atomic mass is 16.5. The fourth-order valence-corrected chi connectivity index (χ4v) is 2.05. The van der Waals surface area contributed by atoms with Crippen molar-refractivity contribution in [3.63, 3.8) is 0 Å². The average molecular weight is 201 g/mol. The predicted molar refractivity (Wildman–Crippen MR) is 57.1 cm³/mol. The molecule has 1 rings (SSSR count). The second kappa shape index (κ2) is 4.60. The van der Waals surface area contributed by atoms with Crippen LogP contribution < -0.4 is 5.73 Å². The molecule has 1 saturated carbocycles. The number of hydrogen-bond acceptors (Lipinski definition) is 3. The molecule has 0 aromatic carbocycles. The quantitative estimate of drug-likeness (QED) is 0.720. The van der Waals surface area contributed by atoms with Crippen LogP contribution in [0.5, 0.6) is 0 Å². The summed E-state index contributed by atoms with van der Waals surface area (Å²) in [4.78, 5) is 0. The van der Waals surface area contributed by atoms with Crippen molar-refractivity contribution in [1.29, 1.82) is 0 Å². The molecule has 1 aliphatic rings. The molecule has 0 heterocycles. The fraction of sp³-hybridized carbons (Fsp3) is 1.00. The topological polar surface area (TPSA) is 55.5 Å². The first-order chi connectivity index (χ1) is 6.54. The molecule has 0 bridgehead atoms.